The summed E-state index contributed by atoms with van der Waals surface area (Å²) in [5.74, 6) is 1.64. The molecule has 34 heavy (non-hydrogen) atoms. The minimum Gasteiger partial charge on any atom is -0.497 e. The maximum atomic E-state index is 12.7. The SMILES string of the molecule is COc1cccc(C(=O)Oc2cccc(-c3nc4cc(C)ccn4c3NC3CCCCC3)c2)c1. The van der Waals surface area contributed by atoms with Crippen LogP contribution in [-0.2, 0) is 0 Å². The molecular formula is C28H29N3O3. The minimum absolute atomic E-state index is 0.428. The van der Waals surface area contributed by atoms with Crippen LogP contribution in [0.3, 0.4) is 0 Å². The average Bonchev–Trinajstić information content (AvgIpc) is 3.22. The molecule has 0 saturated heterocycles. The van der Waals surface area contributed by atoms with Gasteiger partial charge in [0.1, 0.15) is 28.7 Å². The average molecular weight is 456 g/mol. The van der Waals surface area contributed by atoms with Gasteiger partial charge in [0, 0.05) is 17.8 Å². The van der Waals surface area contributed by atoms with Crippen LogP contribution >= 0.6 is 0 Å². The lowest BCUT2D eigenvalue weighted by Gasteiger charge is -2.24. The van der Waals surface area contributed by atoms with Crippen LogP contribution in [0.15, 0.2) is 66.9 Å². The van der Waals surface area contributed by atoms with Gasteiger partial charge >= 0.3 is 5.97 Å². The lowest BCUT2D eigenvalue weighted by atomic mass is 9.95. The van der Waals surface area contributed by atoms with E-state index in [0.29, 0.717) is 23.1 Å². The first-order valence-corrected chi connectivity index (χ1v) is 11.8. The lowest BCUT2D eigenvalue weighted by molar-refractivity contribution is 0.0734. The molecule has 0 radical (unpaired) electrons. The van der Waals surface area contributed by atoms with Gasteiger partial charge in [-0.3, -0.25) is 4.40 Å². The van der Waals surface area contributed by atoms with Gasteiger partial charge in [-0.2, -0.15) is 0 Å². The van der Waals surface area contributed by atoms with E-state index in [0.717, 1.165) is 41.1 Å². The number of carbonyl (C=O) groups excluding carboxylic acids is 1. The Labute approximate surface area is 199 Å². The molecule has 5 rings (SSSR count). The van der Waals surface area contributed by atoms with Crippen LogP contribution < -0.4 is 14.8 Å². The van der Waals surface area contributed by atoms with E-state index in [1.165, 1.54) is 19.3 Å². The third-order valence-corrected chi connectivity index (χ3v) is 6.35. The molecule has 0 atom stereocenters. The zero-order valence-electron chi connectivity index (χ0n) is 19.6. The molecule has 1 N–H and O–H groups in total. The Kier molecular flexibility index (Phi) is 6.21. The van der Waals surface area contributed by atoms with Crippen LogP contribution in [0.5, 0.6) is 11.5 Å². The Bertz CT molecular complexity index is 1320. The predicted octanol–water partition coefficient (Wildman–Crippen LogP) is 6.28. The van der Waals surface area contributed by atoms with E-state index in [1.807, 2.05) is 18.2 Å². The van der Waals surface area contributed by atoms with Crippen LogP contribution in [0.1, 0.15) is 48.0 Å². The molecule has 0 amide bonds. The Morgan fingerprint density at radius 3 is 2.62 bits per heavy atom. The summed E-state index contributed by atoms with van der Waals surface area (Å²) in [4.78, 5) is 17.7. The molecule has 1 fully saturated rings. The van der Waals surface area contributed by atoms with Crippen LogP contribution in [0.2, 0.25) is 0 Å². The highest BCUT2D eigenvalue weighted by Crippen LogP contribution is 2.33. The zero-order valence-corrected chi connectivity index (χ0v) is 19.6. The van der Waals surface area contributed by atoms with Crippen molar-refractivity contribution in [3.05, 3.63) is 78.0 Å². The monoisotopic (exact) mass is 455 g/mol. The summed E-state index contributed by atoms with van der Waals surface area (Å²) in [5.41, 5.74) is 4.25. The number of carbonyl (C=O) groups is 1. The van der Waals surface area contributed by atoms with Gasteiger partial charge in [0.25, 0.3) is 0 Å². The summed E-state index contributed by atoms with van der Waals surface area (Å²) in [6, 6.07) is 19.1. The second-order valence-electron chi connectivity index (χ2n) is 8.87. The number of aryl methyl sites for hydroxylation is 1. The molecule has 1 saturated carbocycles. The number of hydrogen-bond acceptors (Lipinski definition) is 5. The van der Waals surface area contributed by atoms with E-state index in [2.05, 4.69) is 35.0 Å². The van der Waals surface area contributed by atoms with E-state index in [4.69, 9.17) is 14.5 Å². The number of rotatable bonds is 6. The van der Waals surface area contributed by atoms with Crippen molar-refractivity contribution in [3.63, 3.8) is 0 Å². The van der Waals surface area contributed by atoms with Crippen molar-refractivity contribution in [1.29, 1.82) is 0 Å². The zero-order chi connectivity index (χ0) is 23.5. The minimum atomic E-state index is -0.428. The van der Waals surface area contributed by atoms with E-state index in [-0.39, 0.29) is 0 Å². The number of nitrogens with one attached hydrogen (secondary N) is 1. The predicted molar refractivity (Wildman–Crippen MR) is 134 cm³/mol. The Balaban J connectivity index is 1.48. The summed E-state index contributed by atoms with van der Waals surface area (Å²) in [5, 5.41) is 3.77. The smallest absolute Gasteiger partial charge is 0.343 e. The van der Waals surface area contributed by atoms with Crippen molar-refractivity contribution in [2.75, 3.05) is 12.4 Å². The second-order valence-corrected chi connectivity index (χ2v) is 8.87. The van der Waals surface area contributed by atoms with Crippen LogP contribution in [-0.4, -0.2) is 28.5 Å². The van der Waals surface area contributed by atoms with E-state index in [9.17, 15) is 4.79 Å². The number of ether oxygens (including phenoxy) is 2. The fourth-order valence-corrected chi connectivity index (χ4v) is 4.55. The maximum absolute atomic E-state index is 12.7. The normalized spacial score (nSPS) is 14.2. The number of pyridine rings is 1. The molecule has 0 unspecified atom stereocenters. The Hall–Kier alpha value is -3.80. The first-order chi connectivity index (χ1) is 16.6. The van der Waals surface area contributed by atoms with Gasteiger partial charge in [0.2, 0.25) is 0 Å². The summed E-state index contributed by atoms with van der Waals surface area (Å²) < 4.78 is 13.0. The van der Waals surface area contributed by atoms with Gasteiger partial charge in [-0.25, -0.2) is 9.78 Å². The van der Waals surface area contributed by atoms with Gasteiger partial charge in [-0.1, -0.05) is 37.5 Å². The number of hydrogen-bond donors (Lipinski definition) is 1. The summed E-state index contributed by atoms with van der Waals surface area (Å²) in [7, 11) is 1.57. The maximum Gasteiger partial charge on any atom is 0.343 e. The second kappa shape index (κ2) is 9.59. The fraction of sp³-hybridized carbons (Fsp3) is 0.286. The topological polar surface area (TPSA) is 64.9 Å². The van der Waals surface area contributed by atoms with Crippen molar-refractivity contribution in [3.8, 4) is 22.8 Å². The van der Waals surface area contributed by atoms with Crippen molar-refractivity contribution in [2.24, 2.45) is 0 Å². The van der Waals surface area contributed by atoms with Crippen molar-refractivity contribution < 1.29 is 14.3 Å². The molecule has 2 aromatic carbocycles. The molecule has 174 valence electrons. The first-order valence-electron chi connectivity index (χ1n) is 11.8. The van der Waals surface area contributed by atoms with Gasteiger partial charge in [-0.15, -0.1) is 0 Å². The van der Waals surface area contributed by atoms with Crippen molar-refractivity contribution >= 4 is 17.4 Å². The number of anilines is 1. The van der Waals surface area contributed by atoms with Crippen molar-refractivity contribution in [1.82, 2.24) is 9.38 Å². The van der Waals surface area contributed by atoms with Gasteiger partial charge in [0.15, 0.2) is 0 Å². The molecule has 6 heteroatoms. The van der Waals surface area contributed by atoms with Gasteiger partial charge < -0.3 is 14.8 Å². The quantitative estimate of drug-likeness (QED) is 0.274. The summed E-state index contributed by atoms with van der Waals surface area (Å²) in [6.07, 6.45) is 8.20. The van der Waals surface area contributed by atoms with Crippen LogP contribution in [0, 0.1) is 6.92 Å². The number of fused-ring (bicyclic) bond motifs is 1. The van der Waals surface area contributed by atoms with E-state index >= 15 is 0 Å². The highest BCUT2D eigenvalue weighted by atomic mass is 16.5. The fourth-order valence-electron chi connectivity index (χ4n) is 4.55. The summed E-state index contributed by atoms with van der Waals surface area (Å²) >= 11 is 0. The number of benzene rings is 2. The molecule has 0 bridgehead atoms. The summed E-state index contributed by atoms with van der Waals surface area (Å²) in [6.45, 7) is 2.07. The highest BCUT2D eigenvalue weighted by Gasteiger charge is 2.20. The number of methoxy groups -OCH3 is 1. The molecule has 4 aromatic rings. The third kappa shape index (κ3) is 4.62. The largest absolute Gasteiger partial charge is 0.497 e. The number of aromatic nitrogens is 2. The van der Waals surface area contributed by atoms with Gasteiger partial charge in [0.05, 0.1) is 12.7 Å². The van der Waals surface area contributed by atoms with E-state index in [1.54, 1.807) is 37.4 Å². The molecule has 1 aliphatic carbocycles. The molecule has 2 aromatic heterocycles. The van der Waals surface area contributed by atoms with Crippen LogP contribution in [0.25, 0.3) is 16.9 Å². The molecule has 0 aliphatic heterocycles. The van der Waals surface area contributed by atoms with Crippen LogP contribution in [0.4, 0.5) is 5.82 Å². The first kappa shape index (κ1) is 22.0. The molecule has 2 heterocycles. The Morgan fingerprint density at radius 1 is 1.00 bits per heavy atom. The standard InChI is InChI=1S/C28H29N3O3/c1-19-14-15-31-25(16-19)30-26(27(31)29-22-10-4-3-5-11-22)20-8-6-13-24(17-20)34-28(32)21-9-7-12-23(18-21)33-2/h6-9,12-18,22,29H,3-5,10-11H2,1-2H3. The number of nitrogens with zero attached hydrogens (tertiary/aromatic N) is 2. The van der Waals surface area contributed by atoms with E-state index < -0.39 is 5.97 Å². The Morgan fingerprint density at radius 2 is 1.79 bits per heavy atom. The third-order valence-electron chi connectivity index (χ3n) is 6.35. The molecule has 0 spiro atoms. The molecular weight excluding hydrogens is 426 g/mol. The number of esters is 1. The van der Waals surface area contributed by atoms with Crippen molar-refractivity contribution in [2.45, 2.75) is 45.1 Å². The lowest BCUT2D eigenvalue weighted by Crippen LogP contribution is -2.23. The molecule has 6 nitrogen and oxygen atoms in total. The molecule has 1 aliphatic rings. The van der Waals surface area contributed by atoms with Gasteiger partial charge in [-0.05, 0) is 67.8 Å². The number of imidazole rings is 1. The highest BCUT2D eigenvalue weighted by molar-refractivity contribution is 5.91.